The van der Waals surface area contributed by atoms with Crippen LogP contribution >= 0.6 is 0 Å². The number of nitrogens with zero attached hydrogens (tertiary/aromatic N) is 1. The summed E-state index contributed by atoms with van der Waals surface area (Å²) in [7, 11) is 0. The molecule has 1 saturated heterocycles. The molecule has 0 aromatic heterocycles. The normalized spacial score (nSPS) is 39.2. The van der Waals surface area contributed by atoms with E-state index < -0.39 is 0 Å². The molecule has 0 bridgehead atoms. The number of hydrogen-bond acceptors (Lipinski definition) is 2. The molecule has 1 saturated carbocycles. The van der Waals surface area contributed by atoms with Crippen LogP contribution in [-0.2, 0) is 0 Å². The number of hydrazine groups is 1. The van der Waals surface area contributed by atoms with Gasteiger partial charge in [0.15, 0.2) is 0 Å². The van der Waals surface area contributed by atoms with Crippen LogP contribution in [0.15, 0.2) is 0 Å². The van der Waals surface area contributed by atoms with Gasteiger partial charge >= 0.3 is 0 Å². The second kappa shape index (κ2) is 5.31. The van der Waals surface area contributed by atoms with Gasteiger partial charge in [-0.1, -0.05) is 20.3 Å². The summed E-state index contributed by atoms with van der Waals surface area (Å²) in [6.45, 7) is 7.34. The minimum absolute atomic E-state index is 0.759. The van der Waals surface area contributed by atoms with Crippen LogP contribution in [0.5, 0.6) is 0 Å². The molecule has 2 nitrogen and oxygen atoms in total. The van der Waals surface area contributed by atoms with Gasteiger partial charge in [0.05, 0.1) is 0 Å². The predicted octanol–water partition coefficient (Wildman–Crippen LogP) is 2.80. The molecule has 1 heterocycles. The SMILES string of the molecule is CC1CCC(NN2CCCCC2)CC1C. The van der Waals surface area contributed by atoms with E-state index in [9.17, 15) is 0 Å². The second-order valence-corrected chi connectivity index (χ2v) is 5.64. The highest BCUT2D eigenvalue weighted by molar-refractivity contribution is 4.79. The van der Waals surface area contributed by atoms with Gasteiger partial charge in [0, 0.05) is 19.1 Å². The minimum atomic E-state index is 0.759. The maximum Gasteiger partial charge on any atom is 0.0218 e. The Bertz CT molecular complexity index is 187. The Hall–Kier alpha value is -0.0800. The summed E-state index contributed by atoms with van der Waals surface area (Å²) >= 11 is 0. The molecule has 2 rings (SSSR count). The monoisotopic (exact) mass is 210 g/mol. The number of nitrogens with one attached hydrogen (secondary N) is 1. The zero-order valence-electron chi connectivity index (χ0n) is 10.3. The summed E-state index contributed by atoms with van der Waals surface area (Å²) in [5, 5.41) is 2.47. The molecule has 2 fully saturated rings. The first-order chi connectivity index (χ1) is 7.25. The van der Waals surface area contributed by atoms with E-state index in [1.54, 1.807) is 0 Å². The van der Waals surface area contributed by atoms with Crippen LogP contribution < -0.4 is 5.43 Å². The third-order valence-electron chi connectivity index (χ3n) is 4.32. The maximum absolute atomic E-state index is 3.74. The van der Waals surface area contributed by atoms with Crippen molar-refractivity contribution in [2.45, 2.75) is 58.4 Å². The second-order valence-electron chi connectivity index (χ2n) is 5.64. The third kappa shape index (κ3) is 3.18. The molecule has 2 heteroatoms. The molecular weight excluding hydrogens is 184 g/mol. The highest BCUT2D eigenvalue weighted by Crippen LogP contribution is 2.29. The summed E-state index contributed by atoms with van der Waals surface area (Å²) in [6, 6.07) is 0.759. The van der Waals surface area contributed by atoms with Gasteiger partial charge in [-0.2, -0.15) is 0 Å². The van der Waals surface area contributed by atoms with E-state index in [4.69, 9.17) is 0 Å². The van der Waals surface area contributed by atoms with Gasteiger partial charge in [0.1, 0.15) is 0 Å². The fourth-order valence-electron chi connectivity index (χ4n) is 2.95. The molecule has 0 radical (unpaired) electrons. The van der Waals surface area contributed by atoms with Crippen LogP contribution in [-0.4, -0.2) is 24.1 Å². The Morgan fingerprint density at radius 2 is 1.67 bits per heavy atom. The average Bonchev–Trinajstić information content (AvgIpc) is 2.25. The lowest BCUT2D eigenvalue weighted by molar-refractivity contribution is 0.0934. The van der Waals surface area contributed by atoms with Crippen molar-refractivity contribution in [2.75, 3.05) is 13.1 Å². The number of rotatable bonds is 2. The molecule has 1 N–H and O–H groups in total. The summed E-state index contributed by atoms with van der Waals surface area (Å²) < 4.78 is 0. The van der Waals surface area contributed by atoms with E-state index in [0.717, 1.165) is 17.9 Å². The summed E-state index contributed by atoms with van der Waals surface area (Å²) in [5.74, 6) is 1.84. The van der Waals surface area contributed by atoms with E-state index in [2.05, 4.69) is 24.3 Å². The standard InChI is InChI=1S/C13H26N2/c1-11-6-7-13(10-12(11)2)14-15-8-4-3-5-9-15/h11-14H,3-10H2,1-2H3. The Labute approximate surface area is 94.4 Å². The third-order valence-corrected chi connectivity index (χ3v) is 4.32. The van der Waals surface area contributed by atoms with Gasteiger partial charge in [-0.25, -0.2) is 5.01 Å². The van der Waals surface area contributed by atoms with Crippen molar-refractivity contribution in [2.24, 2.45) is 11.8 Å². The van der Waals surface area contributed by atoms with E-state index in [1.807, 2.05) is 0 Å². The summed E-state index contributed by atoms with van der Waals surface area (Å²) in [4.78, 5) is 0. The molecule has 0 aromatic carbocycles. The first kappa shape index (κ1) is 11.4. The molecule has 3 unspecified atom stereocenters. The molecule has 3 atom stereocenters. The number of hydrogen-bond donors (Lipinski definition) is 1. The van der Waals surface area contributed by atoms with Crippen molar-refractivity contribution in [1.29, 1.82) is 0 Å². The van der Waals surface area contributed by atoms with Crippen LogP contribution in [0.4, 0.5) is 0 Å². The van der Waals surface area contributed by atoms with Crippen LogP contribution in [0.1, 0.15) is 52.4 Å². The van der Waals surface area contributed by atoms with Crippen molar-refractivity contribution in [3.63, 3.8) is 0 Å². The smallest absolute Gasteiger partial charge is 0.0218 e. The highest BCUT2D eigenvalue weighted by atomic mass is 15.5. The summed E-state index contributed by atoms with van der Waals surface area (Å²) in [6.07, 6.45) is 8.35. The highest BCUT2D eigenvalue weighted by Gasteiger charge is 2.25. The van der Waals surface area contributed by atoms with E-state index in [-0.39, 0.29) is 0 Å². The van der Waals surface area contributed by atoms with Crippen LogP contribution in [0.25, 0.3) is 0 Å². The molecular formula is C13H26N2. The zero-order chi connectivity index (χ0) is 10.7. The quantitative estimate of drug-likeness (QED) is 0.754. The van der Waals surface area contributed by atoms with E-state index >= 15 is 0 Å². The Morgan fingerprint density at radius 3 is 2.33 bits per heavy atom. The molecule has 2 aliphatic rings. The largest absolute Gasteiger partial charge is 0.252 e. The summed E-state index contributed by atoms with van der Waals surface area (Å²) in [5.41, 5.74) is 3.74. The molecule has 0 aromatic rings. The lowest BCUT2D eigenvalue weighted by Gasteiger charge is -2.37. The van der Waals surface area contributed by atoms with Gasteiger partial charge in [-0.05, 0) is 43.9 Å². The van der Waals surface area contributed by atoms with Gasteiger partial charge in [0.25, 0.3) is 0 Å². The van der Waals surface area contributed by atoms with Crippen molar-refractivity contribution in [1.82, 2.24) is 10.4 Å². The Kier molecular flexibility index (Phi) is 4.04. The fraction of sp³-hybridized carbons (Fsp3) is 1.00. The molecule has 1 aliphatic heterocycles. The first-order valence-corrected chi connectivity index (χ1v) is 6.77. The first-order valence-electron chi connectivity index (χ1n) is 6.77. The maximum atomic E-state index is 3.74. The Morgan fingerprint density at radius 1 is 0.933 bits per heavy atom. The van der Waals surface area contributed by atoms with Gasteiger partial charge in [-0.15, -0.1) is 0 Å². The molecule has 15 heavy (non-hydrogen) atoms. The Balaban J connectivity index is 1.74. The zero-order valence-corrected chi connectivity index (χ0v) is 10.3. The lowest BCUT2D eigenvalue weighted by atomic mass is 9.79. The number of piperidine rings is 1. The van der Waals surface area contributed by atoms with Gasteiger partial charge < -0.3 is 0 Å². The van der Waals surface area contributed by atoms with Gasteiger partial charge in [-0.3, -0.25) is 5.43 Å². The van der Waals surface area contributed by atoms with Crippen molar-refractivity contribution in [3.05, 3.63) is 0 Å². The van der Waals surface area contributed by atoms with Crippen LogP contribution in [0.3, 0.4) is 0 Å². The molecule has 88 valence electrons. The molecule has 0 spiro atoms. The topological polar surface area (TPSA) is 15.3 Å². The van der Waals surface area contributed by atoms with E-state index in [1.165, 1.54) is 51.6 Å². The molecule has 1 aliphatic carbocycles. The lowest BCUT2D eigenvalue weighted by Crippen LogP contribution is -2.49. The van der Waals surface area contributed by atoms with Gasteiger partial charge in [0.2, 0.25) is 0 Å². The van der Waals surface area contributed by atoms with Crippen LogP contribution in [0.2, 0.25) is 0 Å². The van der Waals surface area contributed by atoms with E-state index in [0.29, 0.717) is 0 Å². The van der Waals surface area contributed by atoms with Crippen LogP contribution in [0, 0.1) is 11.8 Å². The predicted molar refractivity (Wildman–Crippen MR) is 64.5 cm³/mol. The average molecular weight is 210 g/mol. The minimum Gasteiger partial charge on any atom is -0.252 e. The fourth-order valence-corrected chi connectivity index (χ4v) is 2.95. The van der Waals surface area contributed by atoms with Crippen molar-refractivity contribution < 1.29 is 0 Å². The van der Waals surface area contributed by atoms with Crippen molar-refractivity contribution >= 4 is 0 Å². The van der Waals surface area contributed by atoms with Crippen molar-refractivity contribution in [3.8, 4) is 0 Å². The molecule has 0 amide bonds.